The predicted octanol–water partition coefficient (Wildman–Crippen LogP) is 5.13. The maximum atomic E-state index is 6.11. The smallest absolute Gasteiger partial charge is 0.173 e. The maximum Gasteiger partial charge on any atom is 0.173 e. The van der Waals surface area contributed by atoms with E-state index in [-0.39, 0.29) is 0 Å². The molecular formula is C16H16Cl2N2S. The van der Waals surface area contributed by atoms with Crippen molar-refractivity contribution in [3.05, 3.63) is 63.6 Å². The molecule has 5 heteroatoms. The Labute approximate surface area is 140 Å². The van der Waals surface area contributed by atoms with Crippen LogP contribution in [0.3, 0.4) is 0 Å². The molecule has 0 amide bonds. The van der Waals surface area contributed by atoms with E-state index in [1.54, 1.807) is 0 Å². The largest absolute Gasteiger partial charge is 0.348 e. The number of halogens is 2. The highest BCUT2D eigenvalue weighted by atomic mass is 35.5. The fraction of sp³-hybridized carbons (Fsp3) is 0.188. The number of nitrogens with zero attached hydrogens (tertiary/aromatic N) is 1. The van der Waals surface area contributed by atoms with E-state index in [9.17, 15) is 0 Å². The second kappa shape index (κ2) is 7.12. The van der Waals surface area contributed by atoms with Gasteiger partial charge < -0.3 is 10.2 Å². The van der Waals surface area contributed by atoms with Crippen molar-refractivity contribution in [2.75, 3.05) is 12.4 Å². The molecule has 0 radical (unpaired) electrons. The molecule has 2 aromatic carbocycles. The first kappa shape index (κ1) is 16.1. The molecule has 0 saturated carbocycles. The number of hydrogen-bond donors (Lipinski definition) is 1. The molecule has 0 aromatic heterocycles. The zero-order valence-electron chi connectivity index (χ0n) is 11.9. The van der Waals surface area contributed by atoms with E-state index in [1.807, 2.05) is 61.3 Å². The Morgan fingerprint density at radius 2 is 1.81 bits per heavy atom. The minimum atomic E-state index is 0.648. The van der Waals surface area contributed by atoms with E-state index in [0.29, 0.717) is 11.7 Å². The Bertz CT molecular complexity index is 641. The number of benzene rings is 2. The minimum absolute atomic E-state index is 0.648. The molecule has 0 aliphatic heterocycles. The van der Waals surface area contributed by atoms with Crippen molar-refractivity contribution in [3.8, 4) is 0 Å². The zero-order chi connectivity index (χ0) is 15.4. The van der Waals surface area contributed by atoms with Crippen molar-refractivity contribution in [1.82, 2.24) is 4.90 Å². The predicted molar refractivity (Wildman–Crippen MR) is 95.3 cm³/mol. The van der Waals surface area contributed by atoms with Gasteiger partial charge in [0.05, 0.1) is 0 Å². The van der Waals surface area contributed by atoms with E-state index in [2.05, 4.69) is 5.32 Å². The summed E-state index contributed by atoms with van der Waals surface area (Å²) in [7, 11) is 1.95. The highest BCUT2D eigenvalue weighted by molar-refractivity contribution is 7.80. The summed E-state index contributed by atoms with van der Waals surface area (Å²) in [5.74, 6) is 0. The molecule has 2 nitrogen and oxygen atoms in total. The molecule has 0 heterocycles. The zero-order valence-corrected chi connectivity index (χ0v) is 14.2. The van der Waals surface area contributed by atoms with Crippen LogP contribution < -0.4 is 5.32 Å². The molecule has 2 rings (SSSR count). The summed E-state index contributed by atoms with van der Waals surface area (Å²) in [6.07, 6.45) is 0. The molecule has 0 fully saturated rings. The molecule has 0 spiro atoms. The number of anilines is 1. The van der Waals surface area contributed by atoms with Crippen LogP contribution in [0.25, 0.3) is 0 Å². The van der Waals surface area contributed by atoms with E-state index in [1.165, 1.54) is 0 Å². The fourth-order valence-electron chi connectivity index (χ4n) is 1.89. The highest BCUT2D eigenvalue weighted by Gasteiger charge is 2.08. The van der Waals surface area contributed by atoms with E-state index in [4.69, 9.17) is 35.4 Å². The quantitative estimate of drug-likeness (QED) is 0.781. The molecule has 1 N–H and O–H groups in total. The fourth-order valence-corrected chi connectivity index (χ4v) is 2.36. The van der Waals surface area contributed by atoms with E-state index >= 15 is 0 Å². The minimum Gasteiger partial charge on any atom is -0.348 e. The van der Waals surface area contributed by atoms with Crippen molar-refractivity contribution in [2.24, 2.45) is 0 Å². The first-order chi connectivity index (χ1) is 9.97. The molecule has 0 aliphatic rings. The third-order valence-electron chi connectivity index (χ3n) is 3.19. The normalized spacial score (nSPS) is 10.3. The third-order valence-corrected chi connectivity index (χ3v) is 4.26. The summed E-state index contributed by atoms with van der Waals surface area (Å²) in [6, 6.07) is 13.5. The van der Waals surface area contributed by atoms with Crippen molar-refractivity contribution < 1.29 is 0 Å². The van der Waals surface area contributed by atoms with E-state index in [0.717, 1.165) is 26.9 Å². The SMILES string of the molecule is Cc1c(Cl)cccc1NC(=S)N(C)Cc1ccc(Cl)cc1. The third kappa shape index (κ3) is 4.34. The highest BCUT2D eigenvalue weighted by Crippen LogP contribution is 2.23. The molecule has 2 aromatic rings. The molecule has 0 atom stereocenters. The lowest BCUT2D eigenvalue weighted by Crippen LogP contribution is -2.30. The molecular weight excluding hydrogens is 323 g/mol. The van der Waals surface area contributed by atoms with Crippen molar-refractivity contribution in [2.45, 2.75) is 13.5 Å². The lowest BCUT2D eigenvalue weighted by Gasteiger charge is -2.22. The molecule has 0 saturated heterocycles. The van der Waals surface area contributed by atoms with Crippen molar-refractivity contribution >= 4 is 46.2 Å². The molecule has 21 heavy (non-hydrogen) atoms. The second-order valence-corrected chi connectivity index (χ2v) is 6.06. The average Bonchev–Trinajstić information content (AvgIpc) is 2.46. The van der Waals surface area contributed by atoms with Gasteiger partial charge in [0.15, 0.2) is 5.11 Å². The summed E-state index contributed by atoms with van der Waals surface area (Å²) >= 11 is 17.4. The van der Waals surface area contributed by atoms with Gasteiger partial charge >= 0.3 is 0 Å². The van der Waals surface area contributed by atoms with Crippen LogP contribution in [0.2, 0.25) is 10.0 Å². The van der Waals surface area contributed by atoms with Gasteiger partial charge in [-0.3, -0.25) is 0 Å². The summed E-state index contributed by atoms with van der Waals surface area (Å²) in [6.45, 7) is 2.68. The Morgan fingerprint density at radius 1 is 1.14 bits per heavy atom. The second-order valence-electron chi connectivity index (χ2n) is 4.83. The van der Waals surface area contributed by atoms with Gasteiger partial charge in [0, 0.05) is 29.3 Å². The topological polar surface area (TPSA) is 15.3 Å². The van der Waals surface area contributed by atoms with Crippen LogP contribution in [-0.2, 0) is 6.54 Å². The Hall–Kier alpha value is -1.29. The lowest BCUT2D eigenvalue weighted by molar-refractivity contribution is 0.508. The van der Waals surface area contributed by atoms with Crippen LogP contribution in [0.1, 0.15) is 11.1 Å². The van der Waals surface area contributed by atoms with Gasteiger partial charge in [-0.2, -0.15) is 0 Å². The molecule has 0 bridgehead atoms. The molecule has 0 unspecified atom stereocenters. The Balaban J connectivity index is 2.02. The maximum absolute atomic E-state index is 6.11. The summed E-state index contributed by atoms with van der Waals surface area (Å²) in [5, 5.41) is 5.34. The van der Waals surface area contributed by atoms with Gasteiger partial charge in [-0.05, 0) is 54.5 Å². The first-order valence-electron chi connectivity index (χ1n) is 6.49. The van der Waals surface area contributed by atoms with Gasteiger partial charge in [0.2, 0.25) is 0 Å². The summed E-state index contributed by atoms with van der Waals surface area (Å²) in [4.78, 5) is 1.97. The van der Waals surface area contributed by atoms with Crippen LogP contribution in [0, 0.1) is 6.92 Å². The van der Waals surface area contributed by atoms with E-state index < -0.39 is 0 Å². The number of rotatable bonds is 3. The van der Waals surface area contributed by atoms with Gasteiger partial charge in [-0.1, -0.05) is 41.4 Å². The Morgan fingerprint density at radius 3 is 2.48 bits per heavy atom. The van der Waals surface area contributed by atoms with Crippen LogP contribution in [-0.4, -0.2) is 17.1 Å². The Kier molecular flexibility index (Phi) is 5.45. The monoisotopic (exact) mass is 338 g/mol. The van der Waals surface area contributed by atoms with Crippen LogP contribution >= 0.6 is 35.4 Å². The van der Waals surface area contributed by atoms with Gasteiger partial charge in [-0.25, -0.2) is 0 Å². The van der Waals surface area contributed by atoms with Gasteiger partial charge in [-0.15, -0.1) is 0 Å². The van der Waals surface area contributed by atoms with Crippen molar-refractivity contribution in [3.63, 3.8) is 0 Å². The number of hydrogen-bond acceptors (Lipinski definition) is 1. The standard InChI is InChI=1S/C16H16Cl2N2S/c1-11-14(18)4-3-5-15(11)19-16(21)20(2)10-12-6-8-13(17)9-7-12/h3-9H,10H2,1-2H3,(H,19,21). The average molecular weight is 339 g/mol. The summed E-state index contributed by atoms with van der Waals surface area (Å²) in [5.41, 5.74) is 3.06. The number of nitrogens with one attached hydrogen (secondary N) is 1. The molecule has 110 valence electrons. The van der Waals surface area contributed by atoms with Gasteiger partial charge in [0.25, 0.3) is 0 Å². The van der Waals surface area contributed by atoms with Crippen LogP contribution in [0.15, 0.2) is 42.5 Å². The van der Waals surface area contributed by atoms with Crippen molar-refractivity contribution in [1.29, 1.82) is 0 Å². The van der Waals surface area contributed by atoms with Crippen LogP contribution in [0.5, 0.6) is 0 Å². The van der Waals surface area contributed by atoms with Crippen LogP contribution in [0.4, 0.5) is 5.69 Å². The number of thiocarbonyl (C=S) groups is 1. The molecule has 0 aliphatic carbocycles. The van der Waals surface area contributed by atoms with Gasteiger partial charge in [0.1, 0.15) is 0 Å². The first-order valence-corrected chi connectivity index (χ1v) is 7.65. The summed E-state index contributed by atoms with van der Waals surface area (Å²) < 4.78 is 0. The lowest BCUT2D eigenvalue weighted by atomic mass is 10.2.